The zero-order valence-electron chi connectivity index (χ0n) is 11.8. The summed E-state index contributed by atoms with van der Waals surface area (Å²) >= 11 is 1.41. The fourth-order valence-electron chi connectivity index (χ4n) is 1.38. The second-order valence-corrected chi connectivity index (χ2v) is 4.54. The van der Waals surface area contributed by atoms with Crippen molar-refractivity contribution in [1.29, 1.82) is 0 Å². The molecule has 0 spiro atoms. The maximum atomic E-state index is 11.4. The summed E-state index contributed by atoms with van der Waals surface area (Å²) in [6.07, 6.45) is -0.386. The first kappa shape index (κ1) is 20.5. The van der Waals surface area contributed by atoms with Gasteiger partial charge in [0.15, 0.2) is 0 Å². The third kappa shape index (κ3) is 7.86. The van der Waals surface area contributed by atoms with Crippen LogP contribution in [0.4, 0.5) is 0 Å². The predicted octanol–water partition coefficient (Wildman–Crippen LogP) is -0.0470. The van der Waals surface area contributed by atoms with E-state index in [9.17, 15) is 9.59 Å². The molecule has 0 aliphatic heterocycles. The third-order valence-corrected chi connectivity index (χ3v) is 2.92. The van der Waals surface area contributed by atoms with Crippen molar-refractivity contribution in [2.24, 2.45) is 0 Å². The molecule has 0 radical (unpaired) electrons. The topological polar surface area (TPSA) is 87.6 Å². The Bertz CT molecular complexity index is 545. The van der Waals surface area contributed by atoms with Gasteiger partial charge in [-0.25, -0.2) is 0 Å². The second kappa shape index (κ2) is 11.1. The number of carbonyl (C=O) groups is 2. The number of hydrogen-bond donors (Lipinski definition) is 1. The molecule has 0 amide bonds. The molecule has 0 unspecified atom stereocenters. The van der Waals surface area contributed by atoms with Crippen LogP contribution in [0.25, 0.3) is 0 Å². The number of hydrogen-bond acceptors (Lipinski definition) is 6. The molecule has 0 aliphatic rings. The summed E-state index contributed by atoms with van der Waals surface area (Å²) in [6.45, 7) is 0.158. The molecule has 1 aromatic carbocycles. The number of esters is 2. The Hall–Kier alpha value is -0.544. The Kier molecular flexibility index (Phi) is 10.8. The van der Waals surface area contributed by atoms with Gasteiger partial charge in [-0.05, 0) is 17.0 Å². The van der Waals surface area contributed by atoms with Gasteiger partial charge in [-0.15, -0.1) is 11.3 Å². The maximum Gasteiger partial charge on any atom is 1.00 e. The van der Waals surface area contributed by atoms with E-state index in [2.05, 4.69) is 0 Å². The zero-order valence-corrected chi connectivity index (χ0v) is 15.7. The SMILES string of the molecule is N.O=C(CC(=O)Oc1ccsc1)OCc1ccccc1.[K+]. The summed E-state index contributed by atoms with van der Waals surface area (Å²) in [5.74, 6) is -0.758. The molecule has 0 saturated heterocycles. The maximum absolute atomic E-state index is 11.4. The summed E-state index contributed by atoms with van der Waals surface area (Å²) in [5, 5.41) is 3.48. The molecule has 3 N–H and O–H groups in total. The van der Waals surface area contributed by atoms with E-state index < -0.39 is 11.9 Å². The summed E-state index contributed by atoms with van der Waals surface area (Å²) in [4.78, 5) is 22.8. The van der Waals surface area contributed by atoms with Crippen molar-refractivity contribution >= 4 is 23.3 Å². The van der Waals surface area contributed by atoms with E-state index in [4.69, 9.17) is 9.47 Å². The molecular weight excluding hydrogens is 317 g/mol. The van der Waals surface area contributed by atoms with Gasteiger partial charge in [-0.3, -0.25) is 9.59 Å². The average Bonchev–Trinajstić information content (AvgIpc) is 2.90. The second-order valence-electron chi connectivity index (χ2n) is 3.76. The molecule has 7 heteroatoms. The molecule has 2 aromatic rings. The van der Waals surface area contributed by atoms with E-state index in [1.165, 1.54) is 11.3 Å². The normalized spacial score (nSPS) is 8.95. The van der Waals surface area contributed by atoms with Crippen LogP contribution >= 0.6 is 11.3 Å². The quantitative estimate of drug-likeness (QED) is 0.471. The Morgan fingerprint density at radius 3 is 2.38 bits per heavy atom. The van der Waals surface area contributed by atoms with Gasteiger partial charge in [0.2, 0.25) is 0 Å². The van der Waals surface area contributed by atoms with E-state index in [-0.39, 0.29) is 70.6 Å². The first-order chi connectivity index (χ1) is 9.24. The van der Waals surface area contributed by atoms with Crippen molar-refractivity contribution in [2.75, 3.05) is 0 Å². The standard InChI is InChI=1S/C14H12O4S.K.H3N/c15-13(17-9-11-4-2-1-3-5-11)8-14(16)18-12-6-7-19-10-12;;/h1-7,10H,8-9H2;;1H3/q;+1;. The Balaban J connectivity index is 0.00000200. The molecule has 1 aromatic heterocycles. The number of thiophene rings is 1. The molecule has 2 rings (SSSR count). The van der Waals surface area contributed by atoms with E-state index >= 15 is 0 Å². The van der Waals surface area contributed by atoms with Crippen LogP contribution in [0.5, 0.6) is 5.75 Å². The molecule has 1 heterocycles. The van der Waals surface area contributed by atoms with Gasteiger partial charge >= 0.3 is 63.3 Å². The van der Waals surface area contributed by atoms with Gasteiger partial charge < -0.3 is 15.6 Å². The number of benzene rings is 1. The van der Waals surface area contributed by atoms with Crippen LogP contribution in [0.3, 0.4) is 0 Å². The van der Waals surface area contributed by atoms with Gasteiger partial charge in [0.1, 0.15) is 18.8 Å². The van der Waals surface area contributed by atoms with Gasteiger partial charge in [-0.2, -0.15) is 0 Å². The molecule has 5 nitrogen and oxygen atoms in total. The first-order valence-electron chi connectivity index (χ1n) is 5.66. The Morgan fingerprint density at radius 1 is 1.05 bits per heavy atom. The van der Waals surface area contributed by atoms with Crippen molar-refractivity contribution in [2.45, 2.75) is 13.0 Å². The van der Waals surface area contributed by atoms with Crippen LogP contribution < -0.4 is 62.3 Å². The summed E-state index contributed by atoms with van der Waals surface area (Å²) in [6, 6.07) is 10.9. The van der Waals surface area contributed by atoms with Crippen LogP contribution in [-0.2, 0) is 20.9 Å². The molecule has 0 aliphatic carbocycles. The van der Waals surface area contributed by atoms with E-state index in [0.717, 1.165) is 5.56 Å². The molecular formula is C14H15KNO4S+. The van der Waals surface area contributed by atoms with Gasteiger partial charge in [0.05, 0.1) is 0 Å². The van der Waals surface area contributed by atoms with Crippen LogP contribution in [0, 0.1) is 0 Å². The minimum atomic E-state index is -0.614. The monoisotopic (exact) mass is 332 g/mol. The number of carbonyl (C=O) groups excluding carboxylic acids is 2. The molecule has 0 atom stereocenters. The minimum absolute atomic E-state index is 0. The van der Waals surface area contributed by atoms with E-state index in [0.29, 0.717) is 5.75 Å². The third-order valence-electron chi connectivity index (χ3n) is 2.26. The van der Waals surface area contributed by atoms with Crippen LogP contribution in [-0.4, -0.2) is 11.9 Å². The summed E-state index contributed by atoms with van der Waals surface area (Å²) < 4.78 is 9.93. The molecule has 0 bridgehead atoms. The van der Waals surface area contributed by atoms with Crippen molar-refractivity contribution in [1.82, 2.24) is 6.15 Å². The minimum Gasteiger partial charge on any atom is -0.460 e. The Labute approximate surface area is 169 Å². The molecule has 106 valence electrons. The Morgan fingerprint density at radius 2 is 1.76 bits per heavy atom. The van der Waals surface area contributed by atoms with Crippen molar-refractivity contribution < 1.29 is 70.4 Å². The fraction of sp³-hybridized carbons (Fsp3) is 0.143. The average molecular weight is 332 g/mol. The largest absolute Gasteiger partial charge is 1.00 e. The summed E-state index contributed by atoms with van der Waals surface area (Å²) in [5.41, 5.74) is 0.877. The molecule has 0 saturated carbocycles. The fourth-order valence-corrected chi connectivity index (χ4v) is 1.94. The smallest absolute Gasteiger partial charge is 0.460 e. The number of ether oxygens (including phenoxy) is 2. The summed E-state index contributed by atoms with van der Waals surface area (Å²) in [7, 11) is 0. The van der Waals surface area contributed by atoms with E-state index in [1.54, 1.807) is 16.8 Å². The molecule has 0 fully saturated rings. The zero-order chi connectivity index (χ0) is 13.5. The van der Waals surface area contributed by atoms with Gasteiger partial charge in [0, 0.05) is 5.38 Å². The van der Waals surface area contributed by atoms with Crippen LogP contribution in [0.15, 0.2) is 47.2 Å². The van der Waals surface area contributed by atoms with Crippen molar-refractivity contribution in [3.8, 4) is 5.75 Å². The van der Waals surface area contributed by atoms with Crippen molar-refractivity contribution in [3.63, 3.8) is 0 Å². The predicted molar refractivity (Wildman–Crippen MR) is 75.8 cm³/mol. The number of rotatable bonds is 5. The first-order valence-corrected chi connectivity index (χ1v) is 6.61. The van der Waals surface area contributed by atoms with Gasteiger partial charge in [0.25, 0.3) is 0 Å². The molecule has 21 heavy (non-hydrogen) atoms. The van der Waals surface area contributed by atoms with Crippen molar-refractivity contribution in [3.05, 3.63) is 52.7 Å². The van der Waals surface area contributed by atoms with Gasteiger partial charge in [-0.1, -0.05) is 30.3 Å². The van der Waals surface area contributed by atoms with Crippen LogP contribution in [0.1, 0.15) is 12.0 Å². The van der Waals surface area contributed by atoms with Crippen LogP contribution in [0.2, 0.25) is 0 Å². The van der Waals surface area contributed by atoms with E-state index in [1.807, 2.05) is 30.3 Å².